The maximum Gasteiger partial charge on any atom is 0.272 e. The number of rotatable bonds is 4. The average Bonchev–Trinajstić information content (AvgIpc) is 3.32. The highest BCUT2D eigenvalue weighted by Gasteiger charge is 2.49. The molecule has 0 radical (unpaired) electrons. The van der Waals surface area contributed by atoms with Gasteiger partial charge in [-0.3, -0.25) is 14.4 Å². The molecule has 3 N–H and O–H groups in total. The van der Waals surface area contributed by atoms with Crippen LogP contribution in [0.3, 0.4) is 0 Å². The summed E-state index contributed by atoms with van der Waals surface area (Å²) in [5, 5.41) is 2.67. The van der Waals surface area contributed by atoms with E-state index in [9.17, 15) is 18.8 Å². The van der Waals surface area contributed by atoms with Crippen molar-refractivity contribution in [3.8, 4) is 0 Å². The third-order valence-corrected chi connectivity index (χ3v) is 6.79. The summed E-state index contributed by atoms with van der Waals surface area (Å²) in [5.41, 5.74) is 5.62. The Hall–Kier alpha value is -2.94. The predicted molar refractivity (Wildman–Crippen MR) is 112 cm³/mol. The third kappa shape index (κ3) is 3.56. The fraction of sp³-hybridized carbons (Fsp3) is 0.429. The largest absolute Gasteiger partial charge is 0.364 e. The second-order valence-corrected chi connectivity index (χ2v) is 8.51. The number of imidazole rings is 1. The van der Waals surface area contributed by atoms with Crippen LogP contribution in [0.15, 0.2) is 24.5 Å². The topological polar surface area (TPSA) is 110 Å². The van der Waals surface area contributed by atoms with E-state index in [1.54, 1.807) is 9.47 Å². The third-order valence-electron chi connectivity index (χ3n) is 6.49. The summed E-state index contributed by atoms with van der Waals surface area (Å²) < 4.78 is 15.1. The number of hydrogen-bond acceptors (Lipinski definition) is 4. The molecule has 8 nitrogen and oxygen atoms in total. The lowest BCUT2D eigenvalue weighted by Gasteiger charge is -2.36. The summed E-state index contributed by atoms with van der Waals surface area (Å²) >= 11 is 6.17. The molecule has 0 bridgehead atoms. The molecule has 1 aromatic carbocycles. The van der Waals surface area contributed by atoms with Crippen molar-refractivity contribution in [1.29, 1.82) is 0 Å². The number of halogens is 2. The van der Waals surface area contributed by atoms with Crippen LogP contribution in [0.25, 0.3) is 0 Å². The average molecular weight is 448 g/mol. The van der Waals surface area contributed by atoms with Crippen LogP contribution in [-0.2, 0) is 4.79 Å². The highest BCUT2D eigenvalue weighted by Crippen LogP contribution is 2.49. The quantitative estimate of drug-likeness (QED) is 0.750. The van der Waals surface area contributed by atoms with Crippen molar-refractivity contribution in [3.63, 3.8) is 0 Å². The first-order valence-corrected chi connectivity index (χ1v) is 10.5. The first kappa shape index (κ1) is 21.3. The van der Waals surface area contributed by atoms with E-state index in [1.807, 2.05) is 0 Å². The molecule has 31 heavy (non-hydrogen) atoms. The van der Waals surface area contributed by atoms with Gasteiger partial charge >= 0.3 is 0 Å². The fourth-order valence-corrected chi connectivity index (χ4v) is 5.08. The molecule has 1 spiro atoms. The van der Waals surface area contributed by atoms with Crippen LogP contribution in [0.5, 0.6) is 0 Å². The molecule has 1 aliphatic carbocycles. The number of aromatic nitrogens is 2. The Kier molecular flexibility index (Phi) is 5.47. The van der Waals surface area contributed by atoms with Gasteiger partial charge in [-0.05, 0) is 50.3 Å². The van der Waals surface area contributed by atoms with Crippen LogP contribution in [0, 0.1) is 11.2 Å². The Bertz CT molecular complexity index is 1060. The van der Waals surface area contributed by atoms with Crippen LogP contribution in [-0.4, -0.2) is 40.9 Å². The molecule has 0 atom stereocenters. The van der Waals surface area contributed by atoms with Crippen molar-refractivity contribution in [2.75, 3.05) is 18.5 Å². The molecule has 1 saturated carbocycles. The first-order valence-electron chi connectivity index (χ1n) is 10.1. The number of carbonyl (C=O) groups excluding carboxylic acids is 3. The van der Waals surface area contributed by atoms with E-state index >= 15 is 0 Å². The van der Waals surface area contributed by atoms with Gasteiger partial charge in [-0.1, -0.05) is 11.6 Å². The summed E-state index contributed by atoms with van der Waals surface area (Å²) in [4.78, 5) is 43.0. The monoisotopic (exact) mass is 447 g/mol. The van der Waals surface area contributed by atoms with Gasteiger partial charge < -0.3 is 20.5 Å². The van der Waals surface area contributed by atoms with Crippen molar-refractivity contribution in [2.45, 2.75) is 38.1 Å². The van der Waals surface area contributed by atoms with Gasteiger partial charge in [0, 0.05) is 19.6 Å². The van der Waals surface area contributed by atoms with Gasteiger partial charge in [0.1, 0.15) is 11.5 Å². The molecule has 1 aliphatic heterocycles. The molecule has 2 fully saturated rings. The summed E-state index contributed by atoms with van der Waals surface area (Å²) in [7, 11) is 1.46. The normalized spacial score (nSPS) is 23.4. The minimum absolute atomic E-state index is 0.00403. The van der Waals surface area contributed by atoms with Crippen molar-refractivity contribution in [3.05, 3.63) is 46.8 Å². The molecule has 10 heteroatoms. The molecule has 0 unspecified atom stereocenters. The van der Waals surface area contributed by atoms with Crippen molar-refractivity contribution in [1.82, 2.24) is 14.9 Å². The van der Waals surface area contributed by atoms with Crippen LogP contribution in [0.4, 0.5) is 10.1 Å². The Morgan fingerprint density at radius 3 is 2.61 bits per heavy atom. The molecule has 3 amide bonds. The molecule has 164 valence electrons. The number of benzene rings is 1. The highest BCUT2D eigenvalue weighted by molar-refractivity contribution is 6.34. The van der Waals surface area contributed by atoms with Gasteiger partial charge in [-0.15, -0.1) is 0 Å². The molecule has 2 heterocycles. The first-order chi connectivity index (χ1) is 14.8. The molecule has 2 aliphatic rings. The number of nitrogens with two attached hydrogens (primary N) is 1. The summed E-state index contributed by atoms with van der Waals surface area (Å²) in [6.07, 6.45) is 4.67. The summed E-state index contributed by atoms with van der Waals surface area (Å²) in [6.45, 7) is 0.521. The van der Waals surface area contributed by atoms with E-state index in [-0.39, 0.29) is 28.4 Å². The van der Waals surface area contributed by atoms with Crippen molar-refractivity contribution < 1.29 is 18.8 Å². The predicted octanol–water partition coefficient (Wildman–Crippen LogP) is 2.67. The number of carbonyl (C=O) groups is 3. The fourth-order valence-electron chi connectivity index (χ4n) is 4.81. The van der Waals surface area contributed by atoms with Crippen LogP contribution in [0.1, 0.15) is 59.1 Å². The van der Waals surface area contributed by atoms with E-state index in [1.165, 1.54) is 31.6 Å². The van der Waals surface area contributed by atoms with Crippen molar-refractivity contribution in [2.24, 2.45) is 11.1 Å². The minimum atomic E-state index is -0.717. The lowest BCUT2D eigenvalue weighted by atomic mass is 9.71. The van der Waals surface area contributed by atoms with Gasteiger partial charge in [0.05, 0.1) is 22.5 Å². The summed E-state index contributed by atoms with van der Waals surface area (Å²) in [6, 6.07) is 3.95. The van der Waals surface area contributed by atoms with Crippen molar-refractivity contribution >= 4 is 35.0 Å². The van der Waals surface area contributed by atoms with Crippen LogP contribution >= 0.6 is 11.6 Å². The zero-order valence-electron chi connectivity index (χ0n) is 17.0. The zero-order chi connectivity index (χ0) is 22.3. The van der Waals surface area contributed by atoms with Crippen LogP contribution in [0.2, 0.25) is 5.02 Å². The van der Waals surface area contributed by atoms with E-state index in [4.69, 9.17) is 17.3 Å². The van der Waals surface area contributed by atoms with Gasteiger partial charge in [-0.2, -0.15) is 0 Å². The Labute approximate surface area is 183 Å². The van der Waals surface area contributed by atoms with Gasteiger partial charge in [0.2, 0.25) is 5.91 Å². The number of nitrogens with zero attached hydrogens (tertiary/aromatic N) is 3. The molecular weight excluding hydrogens is 425 g/mol. The summed E-state index contributed by atoms with van der Waals surface area (Å²) in [5.74, 6) is -1.65. The number of anilines is 1. The van der Waals surface area contributed by atoms with E-state index in [2.05, 4.69) is 10.3 Å². The second-order valence-electron chi connectivity index (χ2n) is 8.11. The number of amides is 3. The minimum Gasteiger partial charge on any atom is -0.364 e. The SMILES string of the molecule is CNC(=O)c1ncn(C2CCC3(CC2)CCN(c2ccc(F)cc2Cl)C3=O)c1C(N)=O. The molecular formula is C21H23ClFN5O3. The Balaban J connectivity index is 1.53. The maximum absolute atomic E-state index is 13.4. The molecule has 1 aromatic heterocycles. The molecule has 4 rings (SSSR count). The Morgan fingerprint density at radius 1 is 1.29 bits per heavy atom. The standard InChI is InChI=1S/C21H23ClFN5O3/c1-25-19(30)16-17(18(24)29)28(11-26-16)13-4-6-21(7-5-13)8-9-27(20(21)31)15-3-2-12(23)10-14(15)22/h2-3,10-11,13H,4-9H2,1H3,(H2,24,29)(H,25,30). The zero-order valence-corrected chi connectivity index (χ0v) is 17.8. The second kappa shape index (κ2) is 7.96. The number of hydrogen-bond donors (Lipinski definition) is 2. The smallest absolute Gasteiger partial charge is 0.272 e. The van der Waals surface area contributed by atoms with Gasteiger partial charge in [0.25, 0.3) is 11.8 Å². The highest BCUT2D eigenvalue weighted by atomic mass is 35.5. The van der Waals surface area contributed by atoms with Gasteiger partial charge in [-0.25, -0.2) is 9.37 Å². The maximum atomic E-state index is 13.4. The van der Waals surface area contributed by atoms with E-state index < -0.39 is 23.0 Å². The molecule has 2 aromatic rings. The van der Waals surface area contributed by atoms with Crippen LogP contribution < -0.4 is 16.0 Å². The Morgan fingerprint density at radius 2 is 2.00 bits per heavy atom. The number of primary amides is 1. The molecule has 1 saturated heterocycles. The number of nitrogens with one attached hydrogen (secondary N) is 1. The van der Waals surface area contributed by atoms with E-state index in [0.29, 0.717) is 44.3 Å². The van der Waals surface area contributed by atoms with Gasteiger partial charge in [0.15, 0.2) is 5.69 Å². The lowest BCUT2D eigenvalue weighted by Crippen LogP contribution is -2.38. The van der Waals surface area contributed by atoms with E-state index in [0.717, 1.165) is 0 Å². The lowest BCUT2D eigenvalue weighted by molar-refractivity contribution is -0.127.